The van der Waals surface area contributed by atoms with Gasteiger partial charge in [0.05, 0.1) is 31.8 Å². The standard InChI is InChI=1S/C34H24N6O14/c41-33(35-21-5-11-25(12-6-21)53-29-15-9-23(37(43)44)17-27(29)39(47)48)19-51-31-3-1-2-4-32(31)52-20-34(42)36-22-7-13-26(14-8-22)54-30-16-10-24(38(45)46)18-28(30)40(49)50/h1-18H,19-20H2,(H,35,41)(H,36,42). The number of anilines is 2. The number of amides is 2. The molecule has 0 saturated heterocycles. The van der Waals surface area contributed by atoms with Gasteiger partial charge in [-0.1, -0.05) is 12.1 Å². The maximum Gasteiger partial charge on any atom is 0.318 e. The van der Waals surface area contributed by atoms with Crippen LogP contribution in [0.25, 0.3) is 0 Å². The summed E-state index contributed by atoms with van der Waals surface area (Å²) in [6.45, 7) is -0.894. The fourth-order valence-corrected chi connectivity index (χ4v) is 4.53. The predicted octanol–water partition coefficient (Wildman–Crippen LogP) is 6.94. The van der Waals surface area contributed by atoms with Crippen LogP contribution in [0.4, 0.5) is 34.1 Å². The van der Waals surface area contributed by atoms with Crippen molar-refractivity contribution in [3.63, 3.8) is 0 Å². The number of hydrogen-bond acceptors (Lipinski definition) is 14. The number of carbonyl (C=O) groups excluding carboxylic acids is 2. The number of nitrogens with zero attached hydrogens (tertiary/aromatic N) is 4. The second-order valence-electron chi connectivity index (χ2n) is 10.7. The summed E-state index contributed by atoms with van der Waals surface area (Å²) in [6.07, 6.45) is 0. The molecule has 2 amide bonds. The van der Waals surface area contributed by atoms with Gasteiger partial charge < -0.3 is 29.6 Å². The molecule has 0 aliphatic heterocycles. The van der Waals surface area contributed by atoms with Crippen LogP contribution in [0.3, 0.4) is 0 Å². The van der Waals surface area contributed by atoms with Crippen LogP contribution >= 0.6 is 0 Å². The Morgan fingerprint density at radius 1 is 0.481 bits per heavy atom. The average Bonchev–Trinajstić information content (AvgIpc) is 3.15. The molecular formula is C34H24N6O14. The number of nitro groups is 4. The number of carbonyl (C=O) groups is 2. The Labute approximate surface area is 302 Å². The van der Waals surface area contributed by atoms with E-state index in [2.05, 4.69) is 10.6 Å². The summed E-state index contributed by atoms with van der Waals surface area (Å²) in [5.74, 6) is -0.894. The molecule has 2 N–H and O–H groups in total. The Morgan fingerprint density at radius 2 is 0.852 bits per heavy atom. The molecule has 0 spiro atoms. The Bertz CT molecular complexity index is 2090. The van der Waals surface area contributed by atoms with E-state index in [-0.39, 0.29) is 34.5 Å². The zero-order chi connectivity index (χ0) is 38.8. The van der Waals surface area contributed by atoms with Gasteiger partial charge in [0.2, 0.25) is 11.5 Å². The van der Waals surface area contributed by atoms with Gasteiger partial charge in [-0.25, -0.2) is 0 Å². The summed E-state index contributed by atoms with van der Waals surface area (Å²) < 4.78 is 22.2. The minimum atomic E-state index is -0.804. The van der Waals surface area contributed by atoms with Crippen LogP contribution in [-0.2, 0) is 9.59 Å². The minimum absolute atomic E-state index is 0.162. The molecule has 0 aliphatic carbocycles. The molecule has 0 radical (unpaired) electrons. The second-order valence-corrected chi connectivity index (χ2v) is 10.7. The maximum atomic E-state index is 12.6. The van der Waals surface area contributed by atoms with Crippen molar-refractivity contribution in [1.29, 1.82) is 0 Å². The highest BCUT2D eigenvalue weighted by Crippen LogP contribution is 2.36. The van der Waals surface area contributed by atoms with Gasteiger partial charge in [-0.2, -0.15) is 0 Å². The van der Waals surface area contributed by atoms with Crippen molar-refractivity contribution in [3.05, 3.63) is 150 Å². The molecular weight excluding hydrogens is 716 g/mol. The molecule has 0 saturated carbocycles. The zero-order valence-electron chi connectivity index (χ0n) is 27.3. The number of non-ortho nitro benzene ring substituents is 2. The third kappa shape index (κ3) is 9.75. The molecule has 0 fully saturated rings. The smallest absolute Gasteiger partial charge is 0.318 e. The van der Waals surface area contributed by atoms with E-state index in [1.54, 1.807) is 12.1 Å². The molecule has 0 unspecified atom stereocenters. The van der Waals surface area contributed by atoms with Gasteiger partial charge in [-0.05, 0) is 72.8 Å². The fraction of sp³-hybridized carbons (Fsp3) is 0.0588. The molecule has 274 valence electrons. The molecule has 20 nitrogen and oxygen atoms in total. The van der Waals surface area contributed by atoms with Crippen LogP contribution in [0, 0.1) is 40.5 Å². The van der Waals surface area contributed by atoms with Crippen molar-refractivity contribution in [1.82, 2.24) is 0 Å². The third-order valence-electron chi connectivity index (χ3n) is 7.00. The summed E-state index contributed by atoms with van der Waals surface area (Å²) in [5.41, 5.74) is -1.46. The van der Waals surface area contributed by atoms with Crippen LogP contribution in [0.5, 0.6) is 34.5 Å². The lowest BCUT2D eigenvalue weighted by Gasteiger charge is -2.13. The molecule has 5 aromatic rings. The molecule has 0 aliphatic rings. The van der Waals surface area contributed by atoms with Gasteiger partial charge in [0.1, 0.15) is 11.5 Å². The van der Waals surface area contributed by atoms with Crippen molar-refractivity contribution in [2.75, 3.05) is 23.8 Å². The van der Waals surface area contributed by atoms with Crippen LogP contribution in [-0.4, -0.2) is 44.7 Å². The van der Waals surface area contributed by atoms with Crippen molar-refractivity contribution < 1.29 is 48.2 Å². The number of nitrogens with one attached hydrogen (secondary N) is 2. The van der Waals surface area contributed by atoms with E-state index in [4.69, 9.17) is 18.9 Å². The summed E-state index contributed by atoms with van der Waals surface area (Å²) in [6, 6.07) is 23.8. The first-order chi connectivity index (χ1) is 25.9. The number of rotatable bonds is 16. The molecule has 0 heterocycles. The first-order valence-corrected chi connectivity index (χ1v) is 15.2. The van der Waals surface area contributed by atoms with E-state index in [1.807, 2.05) is 0 Å². The van der Waals surface area contributed by atoms with E-state index in [1.165, 1.54) is 60.7 Å². The number of ether oxygens (including phenoxy) is 4. The van der Waals surface area contributed by atoms with Crippen molar-refractivity contribution in [2.24, 2.45) is 0 Å². The van der Waals surface area contributed by atoms with Gasteiger partial charge in [0, 0.05) is 23.5 Å². The fourth-order valence-electron chi connectivity index (χ4n) is 4.53. The number of nitro benzene ring substituents is 4. The molecule has 0 aromatic heterocycles. The van der Waals surface area contributed by atoms with Crippen molar-refractivity contribution >= 4 is 45.9 Å². The lowest BCUT2D eigenvalue weighted by atomic mass is 10.2. The highest BCUT2D eigenvalue weighted by Gasteiger charge is 2.23. The topological polar surface area (TPSA) is 268 Å². The average molecular weight is 741 g/mol. The van der Waals surface area contributed by atoms with Gasteiger partial charge in [0.15, 0.2) is 24.7 Å². The van der Waals surface area contributed by atoms with Gasteiger partial charge in [0.25, 0.3) is 23.2 Å². The molecule has 0 bridgehead atoms. The normalized spacial score (nSPS) is 10.4. The van der Waals surface area contributed by atoms with E-state index in [9.17, 15) is 50.0 Å². The van der Waals surface area contributed by atoms with Gasteiger partial charge >= 0.3 is 11.4 Å². The second kappa shape index (κ2) is 16.7. The first kappa shape index (κ1) is 37.1. The zero-order valence-corrected chi connectivity index (χ0v) is 27.3. The molecule has 54 heavy (non-hydrogen) atoms. The Hall–Kier alpha value is -8.16. The SMILES string of the molecule is O=C(COc1ccccc1OCC(=O)Nc1ccc(Oc2ccc([N+](=O)[O-])cc2[N+](=O)[O-])cc1)Nc1ccc(Oc2ccc([N+](=O)[O-])cc2[N+](=O)[O-])cc1. The van der Waals surface area contributed by atoms with Crippen LogP contribution < -0.4 is 29.6 Å². The van der Waals surface area contributed by atoms with Gasteiger partial charge in [-0.3, -0.25) is 50.0 Å². The number of hydrogen-bond donors (Lipinski definition) is 2. The number of para-hydroxylation sites is 2. The van der Waals surface area contributed by atoms with Gasteiger partial charge in [-0.15, -0.1) is 0 Å². The molecule has 5 aromatic carbocycles. The van der Waals surface area contributed by atoms with E-state index in [0.29, 0.717) is 11.4 Å². The molecule has 5 rings (SSSR count). The highest BCUT2D eigenvalue weighted by atomic mass is 16.6. The first-order valence-electron chi connectivity index (χ1n) is 15.2. The van der Waals surface area contributed by atoms with Crippen molar-refractivity contribution in [3.8, 4) is 34.5 Å². The van der Waals surface area contributed by atoms with Crippen LogP contribution in [0.2, 0.25) is 0 Å². The van der Waals surface area contributed by atoms with Crippen molar-refractivity contribution in [2.45, 2.75) is 0 Å². The Morgan fingerprint density at radius 3 is 1.19 bits per heavy atom. The lowest BCUT2D eigenvalue weighted by molar-refractivity contribution is -0.394. The maximum absolute atomic E-state index is 12.6. The summed E-state index contributed by atoms with van der Waals surface area (Å²) in [7, 11) is 0. The Balaban J connectivity index is 1.10. The van der Waals surface area contributed by atoms with E-state index >= 15 is 0 Å². The summed E-state index contributed by atoms with van der Waals surface area (Å²) in [4.78, 5) is 66.7. The lowest BCUT2D eigenvalue weighted by Crippen LogP contribution is -2.22. The summed E-state index contributed by atoms with van der Waals surface area (Å²) >= 11 is 0. The molecule has 0 atom stereocenters. The minimum Gasteiger partial charge on any atom is -0.480 e. The monoisotopic (exact) mass is 740 g/mol. The summed E-state index contributed by atoms with van der Waals surface area (Å²) in [5, 5.41) is 49.9. The molecule has 20 heteroatoms. The van der Waals surface area contributed by atoms with Crippen LogP contribution in [0.15, 0.2) is 109 Å². The predicted molar refractivity (Wildman–Crippen MR) is 187 cm³/mol. The van der Waals surface area contributed by atoms with E-state index < -0.39 is 67.5 Å². The van der Waals surface area contributed by atoms with E-state index in [0.717, 1.165) is 36.4 Å². The van der Waals surface area contributed by atoms with Crippen LogP contribution in [0.1, 0.15) is 0 Å². The largest absolute Gasteiger partial charge is 0.480 e. The number of benzene rings is 5. The Kier molecular flexibility index (Phi) is 11.5. The third-order valence-corrected chi connectivity index (χ3v) is 7.00. The highest BCUT2D eigenvalue weighted by molar-refractivity contribution is 5.92. The quantitative estimate of drug-likeness (QED) is 0.0766.